The van der Waals surface area contributed by atoms with Crippen molar-refractivity contribution in [2.45, 2.75) is 30.8 Å². The van der Waals surface area contributed by atoms with Gasteiger partial charge in [-0.3, -0.25) is 0 Å². The first-order valence-electron chi connectivity index (χ1n) is 7.06. The molecule has 2 heterocycles. The molecule has 1 saturated heterocycles. The largest absolute Gasteiger partial charge is 0.507 e. The van der Waals surface area contributed by atoms with Crippen LogP contribution in [0.5, 0.6) is 5.75 Å². The summed E-state index contributed by atoms with van der Waals surface area (Å²) >= 11 is 3.88. The molecule has 1 aliphatic rings. The Bertz CT molecular complexity index is 630. The number of aromatic hydroxyl groups is 1. The topological polar surface area (TPSA) is 59.2 Å². The van der Waals surface area contributed by atoms with Gasteiger partial charge in [-0.15, -0.1) is 11.8 Å². The van der Waals surface area contributed by atoms with Crippen molar-refractivity contribution in [3.63, 3.8) is 0 Å². The zero-order valence-electron chi connectivity index (χ0n) is 12.1. The number of hydrogen-bond acceptors (Lipinski definition) is 6. The highest BCUT2D eigenvalue weighted by molar-refractivity contribution is 8.06. The first kappa shape index (κ1) is 14.8. The van der Waals surface area contributed by atoms with Gasteiger partial charge in [0.05, 0.1) is 10.8 Å². The van der Waals surface area contributed by atoms with Gasteiger partial charge in [-0.25, -0.2) is 0 Å². The number of aromatic nitrogens is 2. The predicted molar refractivity (Wildman–Crippen MR) is 87.9 cm³/mol. The monoisotopic (exact) mass is 322 g/mol. The molecule has 1 N–H and O–H groups in total. The highest BCUT2D eigenvalue weighted by Gasteiger charge is 2.30. The molecule has 2 unspecified atom stereocenters. The second kappa shape index (κ2) is 6.32. The fourth-order valence-electron chi connectivity index (χ4n) is 2.42. The highest BCUT2D eigenvalue weighted by atomic mass is 32.2. The molecule has 1 fully saturated rings. The molecule has 0 bridgehead atoms. The van der Waals surface area contributed by atoms with Crippen LogP contribution in [0.1, 0.15) is 30.0 Å². The quantitative estimate of drug-likeness (QED) is 0.920. The number of nitrogens with zero attached hydrogens (tertiary/aromatic N) is 2. The minimum atomic E-state index is 0.183. The summed E-state index contributed by atoms with van der Waals surface area (Å²) in [4.78, 5) is 4.52. The van der Waals surface area contributed by atoms with Crippen LogP contribution in [0.25, 0.3) is 11.5 Å². The van der Waals surface area contributed by atoms with Gasteiger partial charge < -0.3 is 9.63 Å². The van der Waals surface area contributed by atoms with E-state index in [-0.39, 0.29) is 11.0 Å². The Kier molecular flexibility index (Phi) is 4.45. The van der Waals surface area contributed by atoms with E-state index >= 15 is 0 Å². The lowest BCUT2D eigenvalue weighted by Gasteiger charge is -2.27. The summed E-state index contributed by atoms with van der Waals surface area (Å²) in [5, 5.41) is 15.0. The highest BCUT2D eigenvalue weighted by Crippen LogP contribution is 2.43. The first-order chi connectivity index (χ1) is 10.2. The number of rotatable bonds is 3. The van der Waals surface area contributed by atoms with Gasteiger partial charge in [-0.05, 0) is 31.0 Å². The maximum absolute atomic E-state index is 10.0. The zero-order valence-corrected chi connectivity index (χ0v) is 13.7. The smallest absolute Gasteiger partial charge is 0.261 e. The molecule has 2 atom stereocenters. The van der Waals surface area contributed by atoms with Crippen LogP contribution in [0.4, 0.5) is 0 Å². The third-order valence-electron chi connectivity index (χ3n) is 3.53. The molecule has 0 saturated carbocycles. The Balaban J connectivity index is 1.89. The van der Waals surface area contributed by atoms with Crippen LogP contribution in [-0.2, 0) is 0 Å². The van der Waals surface area contributed by atoms with Crippen molar-refractivity contribution in [3.8, 4) is 17.2 Å². The summed E-state index contributed by atoms with van der Waals surface area (Å²) in [5.41, 5.74) is 1.60. The standard InChI is InChI=1S/C15H18N2O2S2/c1-3-12-13(21-7-6-20-12)14-16-15(19-17-14)10-5-4-9(2)8-11(10)18/h4-5,8,12-13,18H,3,6-7H2,1-2H3. The van der Waals surface area contributed by atoms with Gasteiger partial charge in [0.2, 0.25) is 0 Å². The summed E-state index contributed by atoms with van der Waals surface area (Å²) in [6.45, 7) is 4.13. The van der Waals surface area contributed by atoms with E-state index in [2.05, 4.69) is 17.1 Å². The number of phenolic OH excluding ortho intramolecular Hbond substituents is 1. The van der Waals surface area contributed by atoms with Gasteiger partial charge in [0.15, 0.2) is 5.82 Å². The molecule has 21 heavy (non-hydrogen) atoms. The zero-order chi connectivity index (χ0) is 14.8. The van der Waals surface area contributed by atoms with Gasteiger partial charge >= 0.3 is 0 Å². The molecule has 3 rings (SSSR count). The van der Waals surface area contributed by atoms with Gasteiger partial charge in [-0.2, -0.15) is 16.7 Å². The minimum Gasteiger partial charge on any atom is -0.507 e. The Morgan fingerprint density at radius 2 is 2.14 bits per heavy atom. The van der Waals surface area contributed by atoms with Crippen molar-refractivity contribution < 1.29 is 9.63 Å². The Morgan fingerprint density at radius 3 is 2.90 bits per heavy atom. The fraction of sp³-hybridized carbons (Fsp3) is 0.467. The van der Waals surface area contributed by atoms with E-state index in [0.717, 1.165) is 23.6 Å². The van der Waals surface area contributed by atoms with Gasteiger partial charge in [0.25, 0.3) is 5.89 Å². The van der Waals surface area contributed by atoms with E-state index in [4.69, 9.17) is 4.52 Å². The molecule has 0 aliphatic carbocycles. The second-order valence-electron chi connectivity index (χ2n) is 5.09. The molecule has 0 radical (unpaired) electrons. The predicted octanol–water partition coefficient (Wildman–Crippen LogP) is 4.05. The molecule has 2 aromatic rings. The maximum atomic E-state index is 10.0. The number of thioether (sulfide) groups is 2. The maximum Gasteiger partial charge on any atom is 0.261 e. The average molecular weight is 322 g/mol. The van der Waals surface area contributed by atoms with Crippen molar-refractivity contribution in [2.75, 3.05) is 11.5 Å². The molecule has 4 nitrogen and oxygen atoms in total. The number of benzene rings is 1. The third kappa shape index (κ3) is 3.06. The van der Waals surface area contributed by atoms with Crippen LogP contribution >= 0.6 is 23.5 Å². The SMILES string of the molecule is CCC1SCCSC1c1noc(-c2ccc(C)cc2O)n1. The molecule has 1 aromatic heterocycles. The van der Waals surface area contributed by atoms with Crippen molar-refractivity contribution >= 4 is 23.5 Å². The molecule has 0 spiro atoms. The number of hydrogen-bond donors (Lipinski definition) is 1. The Hall–Kier alpha value is -1.14. The fourth-order valence-corrected chi connectivity index (χ4v) is 5.41. The molecular weight excluding hydrogens is 304 g/mol. The van der Waals surface area contributed by atoms with E-state index in [1.54, 1.807) is 6.07 Å². The van der Waals surface area contributed by atoms with Crippen molar-refractivity contribution in [2.24, 2.45) is 0 Å². The van der Waals surface area contributed by atoms with Crippen molar-refractivity contribution in [1.82, 2.24) is 10.1 Å². The van der Waals surface area contributed by atoms with Crippen LogP contribution < -0.4 is 0 Å². The summed E-state index contributed by atoms with van der Waals surface area (Å²) in [7, 11) is 0. The van der Waals surface area contributed by atoms with Crippen LogP contribution in [0, 0.1) is 6.92 Å². The van der Waals surface area contributed by atoms with Crippen molar-refractivity contribution in [1.29, 1.82) is 0 Å². The lowest BCUT2D eigenvalue weighted by molar-refractivity contribution is 0.416. The lowest BCUT2D eigenvalue weighted by Crippen LogP contribution is -2.19. The summed E-state index contributed by atoms with van der Waals surface area (Å²) < 4.78 is 5.37. The number of aryl methyl sites for hydroxylation is 1. The van der Waals surface area contributed by atoms with E-state index in [1.165, 1.54) is 5.75 Å². The molecule has 6 heteroatoms. The van der Waals surface area contributed by atoms with Gasteiger partial charge in [-0.1, -0.05) is 18.1 Å². The molecule has 1 aromatic carbocycles. The second-order valence-corrected chi connectivity index (χ2v) is 7.68. The Labute approximate surface area is 132 Å². The summed E-state index contributed by atoms with van der Waals surface area (Å²) in [6, 6.07) is 5.46. The van der Waals surface area contributed by atoms with Crippen LogP contribution in [-0.4, -0.2) is 32.0 Å². The van der Waals surface area contributed by atoms with Crippen LogP contribution in [0.3, 0.4) is 0 Å². The average Bonchev–Trinajstić information content (AvgIpc) is 2.96. The van der Waals surface area contributed by atoms with Crippen LogP contribution in [0.2, 0.25) is 0 Å². The minimum absolute atomic E-state index is 0.183. The lowest BCUT2D eigenvalue weighted by atomic mass is 10.1. The molecule has 112 valence electrons. The third-order valence-corrected chi connectivity index (χ3v) is 6.78. The van der Waals surface area contributed by atoms with Gasteiger partial charge in [0.1, 0.15) is 5.75 Å². The first-order valence-corrected chi connectivity index (χ1v) is 9.15. The molecular formula is C15H18N2O2S2. The molecule has 1 aliphatic heterocycles. The summed E-state index contributed by atoms with van der Waals surface area (Å²) in [5.74, 6) is 3.62. The van der Waals surface area contributed by atoms with Crippen LogP contribution in [0.15, 0.2) is 22.7 Å². The van der Waals surface area contributed by atoms with E-state index in [1.807, 2.05) is 42.6 Å². The van der Waals surface area contributed by atoms with E-state index < -0.39 is 0 Å². The summed E-state index contributed by atoms with van der Waals surface area (Å²) in [6.07, 6.45) is 1.10. The normalized spacial score (nSPS) is 22.4. The van der Waals surface area contributed by atoms with E-state index in [0.29, 0.717) is 16.7 Å². The number of phenols is 1. The van der Waals surface area contributed by atoms with Gasteiger partial charge in [0, 0.05) is 16.8 Å². The van der Waals surface area contributed by atoms with E-state index in [9.17, 15) is 5.11 Å². The Morgan fingerprint density at radius 1 is 1.33 bits per heavy atom. The van der Waals surface area contributed by atoms with Crippen molar-refractivity contribution in [3.05, 3.63) is 29.6 Å². The molecule has 0 amide bonds.